The van der Waals surface area contributed by atoms with Crippen LogP contribution in [0, 0.1) is 27.7 Å². The molecular formula is C20H32IN5. The molecule has 1 unspecified atom stereocenters. The van der Waals surface area contributed by atoms with Gasteiger partial charge < -0.3 is 10.6 Å². The van der Waals surface area contributed by atoms with Crippen molar-refractivity contribution in [1.29, 1.82) is 0 Å². The van der Waals surface area contributed by atoms with Crippen LogP contribution in [0.3, 0.4) is 0 Å². The second kappa shape index (κ2) is 9.94. The van der Waals surface area contributed by atoms with Crippen LogP contribution in [0.15, 0.2) is 23.2 Å². The lowest BCUT2D eigenvalue weighted by Gasteiger charge is -2.19. The lowest BCUT2D eigenvalue weighted by Crippen LogP contribution is -2.42. The summed E-state index contributed by atoms with van der Waals surface area (Å²) in [6.45, 7) is 11.4. The average Bonchev–Trinajstić information content (AvgIpc) is 2.79. The van der Waals surface area contributed by atoms with Crippen LogP contribution in [-0.4, -0.2) is 28.8 Å². The van der Waals surface area contributed by atoms with Crippen molar-refractivity contribution < 1.29 is 0 Å². The van der Waals surface area contributed by atoms with Crippen LogP contribution in [0.5, 0.6) is 0 Å². The van der Waals surface area contributed by atoms with Gasteiger partial charge in [0, 0.05) is 32.4 Å². The van der Waals surface area contributed by atoms with Gasteiger partial charge in [0.25, 0.3) is 0 Å². The summed E-state index contributed by atoms with van der Waals surface area (Å²) < 4.78 is 1.95. The molecule has 0 saturated carbocycles. The Balaban J connectivity index is 0.00000338. The van der Waals surface area contributed by atoms with Crippen molar-refractivity contribution in [2.24, 2.45) is 12.0 Å². The molecule has 5 nitrogen and oxygen atoms in total. The first-order valence-corrected chi connectivity index (χ1v) is 8.84. The summed E-state index contributed by atoms with van der Waals surface area (Å²) in [6.07, 6.45) is 0.926. The van der Waals surface area contributed by atoms with Crippen molar-refractivity contribution in [3.05, 3.63) is 51.8 Å². The lowest BCUT2D eigenvalue weighted by molar-refractivity contribution is 0.635. The average molecular weight is 469 g/mol. The SMILES string of the molecule is CN=C(NCc1ccc(C)cc1C)NC(C)Cc1c(C)nn(C)c1C.I. The van der Waals surface area contributed by atoms with Gasteiger partial charge in [0.1, 0.15) is 0 Å². The third-order valence-electron chi connectivity index (χ3n) is 4.72. The van der Waals surface area contributed by atoms with Gasteiger partial charge in [-0.2, -0.15) is 5.10 Å². The topological polar surface area (TPSA) is 54.2 Å². The fraction of sp³-hybridized carbons (Fsp3) is 0.500. The van der Waals surface area contributed by atoms with Crippen LogP contribution < -0.4 is 10.6 Å². The van der Waals surface area contributed by atoms with Crippen molar-refractivity contribution in [2.45, 2.75) is 53.6 Å². The third-order valence-corrected chi connectivity index (χ3v) is 4.72. The number of rotatable bonds is 5. The van der Waals surface area contributed by atoms with E-state index in [0.717, 1.165) is 24.6 Å². The van der Waals surface area contributed by atoms with E-state index in [2.05, 4.69) is 73.5 Å². The second-order valence-electron chi connectivity index (χ2n) is 6.88. The minimum Gasteiger partial charge on any atom is -0.354 e. The number of hydrogen-bond acceptors (Lipinski definition) is 2. The molecule has 0 saturated heterocycles. The summed E-state index contributed by atoms with van der Waals surface area (Å²) >= 11 is 0. The zero-order chi connectivity index (χ0) is 18.6. The fourth-order valence-electron chi connectivity index (χ4n) is 3.12. The largest absolute Gasteiger partial charge is 0.354 e. The molecule has 0 aliphatic rings. The van der Waals surface area contributed by atoms with Gasteiger partial charge in [0.05, 0.1) is 5.69 Å². The number of aliphatic imine (C=N–C) groups is 1. The van der Waals surface area contributed by atoms with Crippen LogP contribution in [-0.2, 0) is 20.0 Å². The van der Waals surface area contributed by atoms with Gasteiger partial charge in [0.2, 0.25) is 0 Å². The van der Waals surface area contributed by atoms with Crippen molar-refractivity contribution in [1.82, 2.24) is 20.4 Å². The molecule has 0 aliphatic carbocycles. The lowest BCUT2D eigenvalue weighted by atomic mass is 10.1. The number of halogens is 1. The summed E-state index contributed by atoms with van der Waals surface area (Å²) in [6, 6.07) is 6.81. The highest BCUT2D eigenvalue weighted by atomic mass is 127. The van der Waals surface area contributed by atoms with Gasteiger partial charge in [-0.15, -0.1) is 24.0 Å². The van der Waals surface area contributed by atoms with Crippen molar-refractivity contribution in [3.63, 3.8) is 0 Å². The van der Waals surface area contributed by atoms with E-state index in [1.807, 2.05) is 18.8 Å². The van der Waals surface area contributed by atoms with Gasteiger partial charge in [-0.25, -0.2) is 0 Å². The fourth-order valence-corrected chi connectivity index (χ4v) is 3.12. The zero-order valence-electron chi connectivity index (χ0n) is 17.0. The van der Waals surface area contributed by atoms with Crippen LogP contribution in [0.4, 0.5) is 0 Å². The van der Waals surface area contributed by atoms with E-state index < -0.39 is 0 Å². The molecule has 1 aromatic heterocycles. The summed E-state index contributed by atoms with van der Waals surface area (Å²) in [5, 5.41) is 11.4. The Morgan fingerprint density at radius 1 is 1.23 bits per heavy atom. The molecule has 0 bridgehead atoms. The molecule has 0 aliphatic heterocycles. The Morgan fingerprint density at radius 3 is 2.46 bits per heavy atom. The van der Waals surface area contributed by atoms with Gasteiger partial charge in [-0.1, -0.05) is 23.8 Å². The highest BCUT2D eigenvalue weighted by Gasteiger charge is 2.14. The molecule has 0 amide bonds. The van der Waals surface area contributed by atoms with Gasteiger partial charge in [0.15, 0.2) is 5.96 Å². The van der Waals surface area contributed by atoms with E-state index in [0.29, 0.717) is 0 Å². The first-order valence-electron chi connectivity index (χ1n) is 8.84. The van der Waals surface area contributed by atoms with Gasteiger partial charge >= 0.3 is 0 Å². The van der Waals surface area contributed by atoms with Crippen LogP contribution in [0.1, 0.15) is 40.6 Å². The Hall–Kier alpha value is -1.57. The first-order chi connectivity index (χ1) is 11.8. The predicted molar refractivity (Wildman–Crippen MR) is 121 cm³/mol. The van der Waals surface area contributed by atoms with E-state index in [9.17, 15) is 0 Å². The maximum absolute atomic E-state index is 4.50. The second-order valence-corrected chi connectivity index (χ2v) is 6.88. The number of nitrogens with zero attached hydrogens (tertiary/aromatic N) is 3. The Bertz CT molecular complexity index is 764. The minimum absolute atomic E-state index is 0. The Morgan fingerprint density at radius 2 is 1.92 bits per heavy atom. The predicted octanol–water partition coefficient (Wildman–Crippen LogP) is 3.57. The molecule has 0 fully saturated rings. The van der Waals surface area contributed by atoms with Gasteiger partial charge in [-0.3, -0.25) is 9.67 Å². The normalized spacial score (nSPS) is 12.5. The summed E-state index contributed by atoms with van der Waals surface area (Å²) in [5.74, 6) is 0.826. The molecule has 144 valence electrons. The van der Waals surface area contributed by atoms with E-state index in [4.69, 9.17) is 0 Å². The highest BCUT2D eigenvalue weighted by Crippen LogP contribution is 2.14. The quantitative estimate of drug-likeness (QED) is 0.400. The molecule has 1 aromatic carbocycles. The minimum atomic E-state index is 0. The molecule has 0 spiro atoms. The number of aromatic nitrogens is 2. The third kappa shape index (κ3) is 5.72. The van der Waals surface area contributed by atoms with Crippen molar-refractivity contribution in [2.75, 3.05) is 7.05 Å². The first kappa shape index (κ1) is 22.5. The molecule has 1 heterocycles. The molecule has 2 rings (SSSR count). The number of guanidine groups is 1. The standard InChI is InChI=1S/C20H31N5.HI/c1-13-8-9-18(14(2)10-13)12-22-20(21-6)23-15(3)11-19-16(4)24-25(7)17(19)5;/h8-10,15H,11-12H2,1-7H3,(H2,21,22,23);1H. The molecular weight excluding hydrogens is 437 g/mol. The summed E-state index contributed by atoms with van der Waals surface area (Å²) in [4.78, 5) is 4.36. The summed E-state index contributed by atoms with van der Waals surface area (Å²) in [5.41, 5.74) is 7.53. The van der Waals surface area contributed by atoms with Crippen molar-refractivity contribution in [3.8, 4) is 0 Å². The van der Waals surface area contributed by atoms with E-state index in [1.165, 1.54) is 27.9 Å². The maximum atomic E-state index is 4.50. The summed E-state index contributed by atoms with van der Waals surface area (Å²) in [7, 11) is 3.80. The van der Waals surface area contributed by atoms with E-state index in [1.54, 1.807) is 0 Å². The highest BCUT2D eigenvalue weighted by molar-refractivity contribution is 14.0. The molecule has 2 N–H and O–H groups in total. The molecule has 2 aromatic rings. The number of hydrogen-bond donors (Lipinski definition) is 2. The number of benzene rings is 1. The van der Waals surface area contributed by atoms with Crippen LogP contribution in [0.25, 0.3) is 0 Å². The smallest absolute Gasteiger partial charge is 0.191 e. The Kier molecular flexibility index (Phi) is 8.59. The number of aryl methyl sites for hydroxylation is 4. The number of nitrogens with one attached hydrogen (secondary N) is 2. The van der Waals surface area contributed by atoms with E-state index >= 15 is 0 Å². The zero-order valence-corrected chi connectivity index (χ0v) is 19.3. The van der Waals surface area contributed by atoms with Gasteiger partial charge in [-0.05, 0) is 57.7 Å². The van der Waals surface area contributed by atoms with E-state index in [-0.39, 0.29) is 30.0 Å². The molecule has 0 radical (unpaired) electrons. The monoisotopic (exact) mass is 469 g/mol. The Labute approximate surface area is 174 Å². The molecule has 1 atom stereocenters. The molecule has 6 heteroatoms. The van der Waals surface area contributed by atoms with Crippen LogP contribution >= 0.6 is 24.0 Å². The molecule has 26 heavy (non-hydrogen) atoms. The maximum Gasteiger partial charge on any atom is 0.191 e. The van der Waals surface area contributed by atoms with Crippen LogP contribution in [0.2, 0.25) is 0 Å². The van der Waals surface area contributed by atoms with Crippen molar-refractivity contribution >= 4 is 29.9 Å².